The van der Waals surface area contributed by atoms with Gasteiger partial charge >= 0.3 is 5.97 Å². The number of para-hydroxylation sites is 1. The zero-order chi connectivity index (χ0) is 24.9. The molecule has 0 radical (unpaired) electrons. The third-order valence-corrected chi connectivity index (χ3v) is 6.16. The fourth-order valence-electron chi connectivity index (χ4n) is 4.26. The van der Waals surface area contributed by atoms with E-state index in [1.807, 2.05) is 38.1 Å². The predicted octanol–water partition coefficient (Wildman–Crippen LogP) is 3.34. The van der Waals surface area contributed by atoms with Gasteiger partial charge in [-0.05, 0) is 49.7 Å². The second-order valence-corrected chi connectivity index (χ2v) is 9.20. The molecule has 0 unspecified atom stereocenters. The second-order valence-electron chi connectivity index (χ2n) is 8.76. The third-order valence-electron chi connectivity index (χ3n) is 5.91. The van der Waals surface area contributed by atoms with Crippen molar-refractivity contribution in [3.63, 3.8) is 0 Å². The Hall–Kier alpha value is -3.36. The summed E-state index contributed by atoms with van der Waals surface area (Å²) in [7, 11) is 0. The molecule has 4 rings (SSSR count). The van der Waals surface area contributed by atoms with E-state index in [1.54, 1.807) is 35.4 Å². The number of morpholine rings is 1. The highest BCUT2D eigenvalue weighted by Gasteiger charge is 2.29. The molecular weight excluding hydrogens is 470 g/mol. The van der Waals surface area contributed by atoms with E-state index >= 15 is 0 Å². The minimum atomic E-state index is -0.993. The highest BCUT2D eigenvalue weighted by molar-refractivity contribution is 6.30. The highest BCUT2D eigenvalue weighted by Crippen LogP contribution is 2.20. The number of ether oxygens (including phenoxy) is 2. The topological polar surface area (TPSA) is 101 Å². The van der Waals surface area contributed by atoms with Gasteiger partial charge < -0.3 is 24.7 Å². The molecule has 9 heteroatoms. The lowest BCUT2D eigenvalue weighted by molar-refractivity contribution is -0.158. The average molecular weight is 498 g/mol. The number of hydrogen-bond donors (Lipinski definition) is 2. The molecule has 2 heterocycles. The van der Waals surface area contributed by atoms with Crippen molar-refractivity contribution in [3.8, 4) is 0 Å². The zero-order valence-corrected chi connectivity index (χ0v) is 20.4. The van der Waals surface area contributed by atoms with E-state index in [0.717, 1.165) is 16.5 Å². The number of nitrogens with zero attached hydrogens (tertiary/aromatic N) is 1. The molecular formula is C26H28ClN3O5. The Bertz CT molecular complexity index is 1200. The summed E-state index contributed by atoms with van der Waals surface area (Å²) in [5.41, 5.74) is 2.13. The molecule has 1 aliphatic rings. The summed E-state index contributed by atoms with van der Waals surface area (Å²) in [6.45, 7) is 4.26. The molecule has 1 saturated heterocycles. The Morgan fingerprint density at radius 1 is 1.11 bits per heavy atom. The van der Waals surface area contributed by atoms with Crippen molar-refractivity contribution < 1.29 is 23.9 Å². The number of carbonyl (C=O) groups is 3. The minimum Gasteiger partial charge on any atom is -0.454 e. The van der Waals surface area contributed by atoms with Crippen molar-refractivity contribution in [3.05, 3.63) is 70.9 Å². The molecule has 2 amide bonds. The molecule has 3 aromatic rings. The standard InChI is InChI=1S/C26H28ClN3O5/c1-16-13-30(14-17(2)35-16)24(31)15-34-26(33)23(29-25(32)18-7-9-20(27)10-8-18)11-19-12-28-22-6-4-3-5-21(19)22/h3-10,12,16-17,23,28H,11,13-15H2,1-2H3,(H,29,32)/t16-,17-,23+/m1/s1. The monoisotopic (exact) mass is 497 g/mol. The van der Waals surface area contributed by atoms with Crippen LogP contribution >= 0.6 is 11.6 Å². The van der Waals surface area contributed by atoms with E-state index in [-0.39, 0.29) is 24.5 Å². The predicted molar refractivity (Wildman–Crippen MR) is 132 cm³/mol. The lowest BCUT2D eigenvalue weighted by atomic mass is 10.0. The largest absolute Gasteiger partial charge is 0.454 e. The number of carbonyl (C=O) groups excluding carboxylic acids is 3. The first-order chi connectivity index (χ1) is 16.8. The van der Waals surface area contributed by atoms with Gasteiger partial charge in [0.1, 0.15) is 6.04 Å². The number of esters is 1. The molecule has 184 valence electrons. The van der Waals surface area contributed by atoms with E-state index in [4.69, 9.17) is 21.1 Å². The molecule has 0 saturated carbocycles. The molecule has 0 bridgehead atoms. The van der Waals surface area contributed by atoms with Crippen LogP contribution in [0.2, 0.25) is 5.02 Å². The van der Waals surface area contributed by atoms with Crippen molar-refractivity contribution in [2.24, 2.45) is 0 Å². The minimum absolute atomic E-state index is 0.0910. The molecule has 0 spiro atoms. The summed E-state index contributed by atoms with van der Waals surface area (Å²) in [5.74, 6) is -1.42. The molecule has 1 fully saturated rings. The van der Waals surface area contributed by atoms with Crippen LogP contribution in [0, 0.1) is 0 Å². The van der Waals surface area contributed by atoms with Crippen LogP contribution < -0.4 is 5.32 Å². The van der Waals surface area contributed by atoms with Crippen LogP contribution in [-0.4, -0.2) is 65.6 Å². The quantitative estimate of drug-likeness (QED) is 0.487. The smallest absolute Gasteiger partial charge is 0.329 e. The van der Waals surface area contributed by atoms with Crippen LogP contribution in [0.5, 0.6) is 0 Å². The van der Waals surface area contributed by atoms with Gasteiger partial charge in [-0.25, -0.2) is 4.79 Å². The Kier molecular flexibility index (Phi) is 7.73. The van der Waals surface area contributed by atoms with Crippen LogP contribution in [0.4, 0.5) is 0 Å². The molecule has 2 aromatic carbocycles. The summed E-state index contributed by atoms with van der Waals surface area (Å²) < 4.78 is 11.0. The first-order valence-corrected chi connectivity index (χ1v) is 11.9. The van der Waals surface area contributed by atoms with Crippen LogP contribution in [0.1, 0.15) is 29.8 Å². The first kappa shape index (κ1) is 24.8. The number of benzene rings is 2. The van der Waals surface area contributed by atoms with E-state index in [0.29, 0.717) is 23.7 Å². The number of amides is 2. The van der Waals surface area contributed by atoms with Crippen molar-refractivity contribution in [2.45, 2.75) is 38.5 Å². The number of nitrogens with one attached hydrogen (secondary N) is 2. The number of fused-ring (bicyclic) bond motifs is 1. The Morgan fingerprint density at radius 2 is 1.80 bits per heavy atom. The highest BCUT2D eigenvalue weighted by atomic mass is 35.5. The SMILES string of the molecule is C[C@@H]1CN(C(=O)COC(=O)[C@H](Cc2c[nH]c3ccccc23)NC(=O)c2ccc(Cl)cc2)C[C@@H](C)O1. The van der Waals surface area contributed by atoms with Gasteiger partial charge in [0.05, 0.1) is 12.2 Å². The fraction of sp³-hybridized carbons (Fsp3) is 0.346. The van der Waals surface area contributed by atoms with Gasteiger partial charge in [-0.2, -0.15) is 0 Å². The lowest BCUT2D eigenvalue weighted by Crippen LogP contribution is -2.50. The van der Waals surface area contributed by atoms with Crippen LogP contribution in [0.25, 0.3) is 10.9 Å². The van der Waals surface area contributed by atoms with Gasteiger partial charge in [0.25, 0.3) is 11.8 Å². The van der Waals surface area contributed by atoms with Gasteiger partial charge in [-0.1, -0.05) is 29.8 Å². The van der Waals surface area contributed by atoms with Crippen molar-refractivity contribution in [2.75, 3.05) is 19.7 Å². The Balaban J connectivity index is 1.47. The van der Waals surface area contributed by atoms with Gasteiger partial charge in [-0.3, -0.25) is 9.59 Å². The number of aromatic nitrogens is 1. The molecule has 2 N–H and O–H groups in total. The third kappa shape index (κ3) is 6.21. The maximum atomic E-state index is 13.1. The lowest BCUT2D eigenvalue weighted by Gasteiger charge is -2.35. The number of aromatic amines is 1. The molecule has 1 aliphatic heterocycles. The number of H-pyrrole nitrogens is 1. The van der Waals surface area contributed by atoms with Gasteiger partial charge in [-0.15, -0.1) is 0 Å². The van der Waals surface area contributed by atoms with Crippen molar-refractivity contribution in [1.29, 1.82) is 0 Å². The van der Waals surface area contributed by atoms with E-state index in [1.165, 1.54) is 0 Å². The van der Waals surface area contributed by atoms with Crippen molar-refractivity contribution in [1.82, 2.24) is 15.2 Å². The van der Waals surface area contributed by atoms with Crippen LogP contribution in [-0.2, 0) is 25.5 Å². The number of halogens is 1. The fourth-order valence-corrected chi connectivity index (χ4v) is 4.39. The maximum absolute atomic E-state index is 13.1. The van der Waals surface area contributed by atoms with Gasteiger partial charge in [0.15, 0.2) is 6.61 Å². The maximum Gasteiger partial charge on any atom is 0.329 e. The second kappa shape index (κ2) is 10.9. The number of rotatable bonds is 7. The zero-order valence-electron chi connectivity index (χ0n) is 19.6. The van der Waals surface area contributed by atoms with Gasteiger partial charge in [0.2, 0.25) is 0 Å². The summed E-state index contributed by atoms with van der Waals surface area (Å²) >= 11 is 5.92. The summed E-state index contributed by atoms with van der Waals surface area (Å²) in [5, 5.41) is 4.20. The van der Waals surface area contributed by atoms with Crippen LogP contribution in [0.3, 0.4) is 0 Å². The summed E-state index contributed by atoms with van der Waals surface area (Å²) in [6, 6.07) is 13.1. The normalized spacial score (nSPS) is 18.8. The molecule has 35 heavy (non-hydrogen) atoms. The molecule has 1 aromatic heterocycles. The van der Waals surface area contributed by atoms with E-state index in [9.17, 15) is 14.4 Å². The summed E-state index contributed by atoms with van der Waals surface area (Å²) in [4.78, 5) is 43.4. The van der Waals surface area contributed by atoms with Crippen LogP contribution in [0.15, 0.2) is 54.7 Å². The Labute approximate surface area is 208 Å². The average Bonchev–Trinajstić information content (AvgIpc) is 3.24. The molecule has 0 aliphatic carbocycles. The molecule has 3 atom stereocenters. The number of hydrogen-bond acceptors (Lipinski definition) is 5. The Morgan fingerprint density at radius 3 is 2.51 bits per heavy atom. The molecule has 8 nitrogen and oxygen atoms in total. The van der Waals surface area contributed by atoms with E-state index < -0.39 is 24.5 Å². The first-order valence-electron chi connectivity index (χ1n) is 11.5. The van der Waals surface area contributed by atoms with Crippen molar-refractivity contribution >= 4 is 40.3 Å². The summed E-state index contributed by atoms with van der Waals surface area (Å²) in [6.07, 6.45) is 1.82. The van der Waals surface area contributed by atoms with E-state index in [2.05, 4.69) is 10.3 Å². The van der Waals surface area contributed by atoms with Gasteiger partial charge in [0, 0.05) is 47.2 Å².